The van der Waals surface area contributed by atoms with Crippen molar-refractivity contribution in [1.82, 2.24) is 5.32 Å². The predicted octanol–water partition coefficient (Wildman–Crippen LogP) is 4.42. The Kier molecular flexibility index (Phi) is 5.54. The molecular weight excluding hydrogens is 320 g/mol. The van der Waals surface area contributed by atoms with Gasteiger partial charge >= 0.3 is 0 Å². The van der Waals surface area contributed by atoms with Crippen molar-refractivity contribution in [3.63, 3.8) is 0 Å². The van der Waals surface area contributed by atoms with E-state index >= 15 is 0 Å². The molecule has 4 nitrogen and oxygen atoms in total. The molecule has 2 atom stereocenters. The highest BCUT2D eigenvalue weighted by Gasteiger charge is 2.21. The highest BCUT2D eigenvalue weighted by Crippen LogP contribution is 2.28. The van der Waals surface area contributed by atoms with Crippen LogP contribution in [0.1, 0.15) is 44.6 Å². The minimum atomic E-state index is -0.306. The molecule has 0 amide bonds. The fraction of sp³-hybridized carbons (Fsp3) is 0.600. The Morgan fingerprint density at radius 3 is 2.95 bits per heavy atom. The highest BCUT2D eigenvalue weighted by atomic mass is 79.9. The lowest BCUT2D eigenvalue weighted by atomic mass is 9.84. The molecule has 0 aliphatic heterocycles. The van der Waals surface area contributed by atoms with Crippen molar-refractivity contribution in [2.45, 2.75) is 51.6 Å². The summed E-state index contributed by atoms with van der Waals surface area (Å²) in [6.45, 7) is 2.81. The Morgan fingerprint density at radius 2 is 2.25 bits per heavy atom. The Labute approximate surface area is 128 Å². The molecule has 1 saturated carbocycles. The lowest BCUT2D eigenvalue weighted by Crippen LogP contribution is -2.33. The number of hydrogen-bond acceptors (Lipinski definition) is 3. The van der Waals surface area contributed by atoms with E-state index in [-0.39, 0.29) is 10.6 Å². The Bertz CT molecular complexity index is 479. The maximum atomic E-state index is 11.0. The minimum absolute atomic E-state index is 0.198. The zero-order valence-corrected chi connectivity index (χ0v) is 13.4. The third kappa shape index (κ3) is 4.03. The summed E-state index contributed by atoms with van der Waals surface area (Å²) in [6.07, 6.45) is 6.19. The first-order valence-electron chi connectivity index (χ1n) is 7.26. The predicted molar refractivity (Wildman–Crippen MR) is 83.7 cm³/mol. The van der Waals surface area contributed by atoms with Gasteiger partial charge in [-0.2, -0.15) is 0 Å². The van der Waals surface area contributed by atoms with Crippen LogP contribution in [-0.2, 0) is 6.54 Å². The SMILES string of the molecule is CCC1CCCC(NCc2cc(Br)ccc2[N+](=O)[O-])C1. The van der Waals surface area contributed by atoms with Crippen LogP contribution >= 0.6 is 15.9 Å². The van der Waals surface area contributed by atoms with Crippen LogP contribution in [0.15, 0.2) is 22.7 Å². The number of halogens is 1. The van der Waals surface area contributed by atoms with E-state index in [1.54, 1.807) is 12.1 Å². The summed E-state index contributed by atoms with van der Waals surface area (Å²) in [4.78, 5) is 10.7. The summed E-state index contributed by atoms with van der Waals surface area (Å²) in [7, 11) is 0. The lowest BCUT2D eigenvalue weighted by Gasteiger charge is -2.29. The van der Waals surface area contributed by atoms with Gasteiger partial charge in [0.1, 0.15) is 0 Å². The Balaban J connectivity index is 1.99. The molecule has 20 heavy (non-hydrogen) atoms. The van der Waals surface area contributed by atoms with Gasteiger partial charge in [0.25, 0.3) is 5.69 Å². The molecule has 1 N–H and O–H groups in total. The summed E-state index contributed by atoms with van der Waals surface area (Å²) in [5.41, 5.74) is 0.951. The van der Waals surface area contributed by atoms with Crippen molar-refractivity contribution in [2.75, 3.05) is 0 Å². The van der Waals surface area contributed by atoms with Gasteiger partial charge in [0, 0.05) is 28.7 Å². The molecule has 5 heteroatoms. The number of hydrogen-bond donors (Lipinski definition) is 1. The molecule has 0 radical (unpaired) electrons. The molecule has 0 saturated heterocycles. The van der Waals surface area contributed by atoms with Gasteiger partial charge in [0.05, 0.1) is 4.92 Å². The van der Waals surface area contributed by atoms with E-state index in [4.69, 9.17) is 0 Å². The zero-order chi connectivity index (χ0) is 14.5. The Hall–Kier alpha value is -0.940. The molecule has 1 fully saturated rings. The molecule has 0 spiro atoms. The Morgan fingerprint density at radius 1 is 1.45 bits per heavy atom. The average Bonchev–Trinajstić information content (AvgIpc) is 2.45. The highest BCUT2D eigenvalue weighted by molar-refractivity contribution is 9.10. The minimum Gasteiger partial charge on any atom is -0.310 e. The molecule has 0 heterocycles. The van der Waals surface area contributed by atoms with E-state index in [0.717, 1.165) is 16.0 Å². The molecule has 2 unspecified atom stereocenters. The summed E-state index contributed by atoms with van der Waals surface area (Å²) >= 11 is 3.38. The van der Waals surface area contributed by atoms with E-state index in [1.165, 1.54) is 32.1 Å². The van der Waals surface area contributed by atoms with Gasteiger partial charge in [-0.05, 0) is 30.9 Å². The van der Waals surface area contributed by atoms with Crippen LogP contribution in [0.4, 0.5) is 5.69 Å². The van der Waals surface area contributed by atoms with Crippen LogP contribution in [0.2, 0.25) is 0 Å². The van der Waals surface area contributed by atoms with Crippen LogP contribution in [0.5, 0.6) is 0 Å². The molecule has 1 aliphatic carbocycles. The molecule has 1 aliphatic rings. The number of nitrogens with zero attached hydrogens (tertiary/aromatic N) is 1. The van der Waals surface area contributed by atoms with E-state index in [9.17, 15) is 10.1 Å². The smallest absolute Gasteiger partial charge is 0.273 e. The first-order chi connectivity index (χ1) is 9.60. The molecule has 1 aromatic carbocycles. The third-order valence-electron chi connectivity index (χ3n) is 4.18. The van der Waals surface area contributed by atoms with Gasteiger partial charge in [-0.15, -0.1) is 0 Å². The summed E-state index contributed by atoms with van der Waals surface area (Å²) in [6, 6.07) is 5.62. The van der Waals surface area contributed by atoms with E-state index < -0.39 is 0 Å². The van der Waals surface area contributed by atoms with Gasteiger partial charge in [-0.3, -0.25) is 10.1 Å². The number of benzene rings is 1. The quantitative estimate of drug-likeness (QED) is 0.637. The first-order valence-corrected chi connectivity index (χ1v) is 8.05. The maximum Gasteiger partial charge on any atom is 0.273 e. The van der Waals surface area contributed by atoms with Crippen molar-refractivity contribution >= 4 is 21.6 Å². The first kappa shape index (κ1) is 15.4. The number of nitro benzene ring substituents is 1. The standard InChI is InChI=1S/C15H21BrN2O2/c1-2-11-4-3-5-14(8-11)17-10-12-9-13(16)6-7-15(12)18(19)20/h6-7,9,11,14,17H,2-5,8,10H2,1H3. The topological polar surface area (TPSA) is 55.2 Å². The van der Waals surface area contributed by atoms with E-state index in [1.807, 2.05) is 6.07 Å². The second-order valence-corrected chi connectivity index (χ2v) is 6.46. The second-order valence-electron chi connectivity index (χ2n) is 5.55. The summed E-state index contributed by atoms with van der Waals surface area (Å²) in [5, 5.41) is 14.5. The molecule has 1 aromatic rings. The lowest BCUT2D eigenvalue weighted by molar-refractivity contribution is -0.385. The van der Waals surface area contributed by atoms with Crippen LogP contribution in [-0.4, -0.2) is 11.0 Å². The monoisotopic (exact) mass is 340 g/mol. The van der Waals surface area contributed by atoms with Crippen molar-refractivity contribution in [3.8, 4) is 0 Å². The number of nitro groups is 1. The average molecular weight is 341 g/mol. The van der Waals surface area contributed by atoms with Gasteiger partial charge in [-0.25, -0.2) is 0 Å². The summed E-state index contributed by atoms with van der Waals surface area (Å²) in [5.74, 6) is 0.804. The van der Waals surface area contributed by atoms with Crippen LogP contribution < -0.4 is 5.32 Å². The molecule has 110 valence electrons. The molecular formula is C15H21BrN2O2. The fourth-order valence-corrected chi connectivity index (χ4v) is 3.38. The van der Waals surface area contributed by atoms with Gasteiger partial charge in [-0.1, -0.05) is 42.1 Å². The molecule has 2 rings (SSSR count). The van der Waals surface area contributed by atoms with Gasteiger partial charge in [0.15, 0.2) is 0 Å². The molecule has 0 bridgehead atoms. The van der Waals surface area contributed by atoms with Crippen LogP contribution in [0.25, 0.3) is 0 Å². The van der Waals surface area contributed by atoms with Gasteiger partial charge < -0.3 is 5.32 Å². The largest absolute Gasteiger partial charge is 0.310 e. The van der Waals surface area contributed by atoms with Crippen molar-refractivity contribution in [2.24, 2.45) is 5.92 Å². The van der Waals surface area contributed by atoms with Crippen molar-refractivity contribution < 1.29 is 4.92 Å². The third-order valence-corrected chi connectivity index (χ3v) is 4.67. The number of nitrogens with one attached hydrogen (secondary N) is 1. The van der Waals surface area contributed by atoms with Crippen LogP contribution in [0, 0.1) is 16.0 Å². The fourth-order valence-electron chi connectivity index (χ4n) is 2.98. The van der Waals surface area contributed by atoms with Crippen molar-refractivity contribution in [3.05, 3.63) is 38.3 Å². The van der Waals surface area contributed by atoms with E-state index in [0.29, 0.717) is 12.6 Å². The normalized spacial score (nSPS) is 22.7. The summed E-state index contributed by atoms with van der Waals surface area (Å²) < 4.78 is 0.884. The van der Waals surface area contributed by atoms with Crippen molar-refractivity contribution in [1.29, 1.82) is 0 Å². The van der Waals surface area contributed by atoms with Gasteiger partial charge in [0.2, 0.25) is 0 Å². The maximum absolute atomic E-state index is 11.0. The molecule has 0 aromatic heterocycles. The number of rotatable bonds is 5. The van der Waals surface area contributed by atoms with Crippen LogP contribution in [0.3, 0.4) is 0 Å². The zero-order valence-electron chi connectivity index (χ0n) is 11.8. The second kappa shape index (κ2) is 7.18. The van der Waals surface area contributed by atoms with E-state index in [2.05, 4.69) is 28.2 Å².